The first-order valence-electron chi connectivity index (χ1n) is 5.02. The molecule has 0 radical (unpaired) electrons. The lowest BCUT2D eigenvalue weighted by Crippen LogP contribution is -2.15. The van der Waals surface area contributed by atoms with Gasteiger partial charge in [0.25, 0.3) is 0 Å². The molecule has 0 atom stereocenters. The van der Waals surface area contributed by atoms with Gasteiger partial charge >= 0.3 is 0 Å². The predicted molar refractivity (Wildman–Crippen MR) is 55.9 cm³/mol. The zero-order chi connectivity index (χ0) is 9.10. The van der Waals surface area contributed by atoms with E-state index in [1.165, 1.54) is 29.3 Å². The summed E-state index contributed by atoms with van der Waals surface area (Å²) < 4.78 is 0. The van der Waals surface area contributed by atoms with Gasteiger partial charge in [-0.2, -0.15) is 0 Å². The maximum absolute atomic E-state index is 4.33. The summed E-state index contributed by atoms with van der Waals surface area (Å²) >= 11 is 1.83. The van der Waals surface area contributed by atoms with Crippen molar-refractivity contribution >= 4 is 11.3 Å². The van der Waals surface area contributed by atoms with Gasteiger partial charge in [0.05, 0.1) is 5.01 Å². The fourth-order valence-electron chi connectivity index (χ4n) is 1.31. The van der Waals surface area contributed by atoms with Crippen LogP contribution in [0.15, 0.2) is 6.20 Å². The van der Waals surface area contributed by atoms with Crippen molar-refractivity contribution in [2.75, 3.05) is 6.54 Å². The second-order valence-corrected chi connectivity index (χ2v) is 4.85. The molecule has 1 aliphatic rings. The molecule has 0 spiro atoms. The fraction of sp³-hybridized carbons (Fsp3) is 0.700. The second kappa shape index (κ2) is 4.20. The van der Waals surface area contributed by atoms with Gasteiger partial charge in [-0.15, -0.1) is 11.3 Å². The van der Waals surface area contributed by atoms with Crippen molar-refractivity contribution in [3.05, 3.63) is 16.1 Å². The SMILES string of the molecule is CCc1ncc(CNCC2CC2)s1. The van der Waals surface area contributed by atoms with Gasteiger partial charge in [0.2, 0.25) is 0 Å². The molecule has 0 saturated heterocycles. The van der Waals surface area contributed by atoms with Crippen molar-refractivity contribution in [1.82, 2.24) is 10.3 Å². The van der Waals surface area contributed by atoms with Crippen LogP contribution in [-0.2, 0) is 13.0 Å². The van der Waals surface area contributed by atoms with E-state index >= 15 is 0 Å². The molecule has 0 amide bonds. The first-order chi connectivity index (χ1) is 6.38. The number of nitrogens with zero attached hydrogens (tertiary/aromatic N) is 1. The van der Waals surface area contributed by atoms with Crippen molar-refractivity contribution in [3.8, 4) is 0 Å². The number of nitrogens with one attached hydrogen (secondary N) is 1. The Bertz CT molecular complexity index is 266. The smallest absolute Gasteiger partial charge is 0.0925 e. The molecule has 0 aliphatic heterocycles. The summed E-state index contributed by atoms with van der Waals surface area (Å²) in [6, 6.07) is 0. The lowest BCUT2D eigenvalue weighted by molar-refractivity contribution is 0.643. The topological polar surface area (TPSA) is 24.9 Å². The molecule has 0 unspecified atom stereocenters. The monoisotopic (exact) mass is 196 g/mol. The minimum Gasteiger partial charge on any atom is -0.312 e. The van der Waals surface area contributed by atoms with E-state index < -0.39 is 0 Å². The maximum atomic E-state index is 4.33. The van der Waals surface area contributed by atoms with Gasteiger partial charge in [-0.05, 0) is 31.7 Å². The number of hydrogen-bond donors (Lipinski definition) is 1. The Morgan fingerprint density at radius 3 is 3.08 bits per heavy atom. The van der Waals surface area contributed by atoms with Crippen LogP contribution in [0.1, 0.15) is 29.7 Å². The first kappa shape index (κ1) is 9.16. The Hall–Kier alpha value is -0.410. The van der Waals surface area contributed by atoms with Crippen LogP contribution in [0.5, 0.6) is 0 Å². The van der Waals surface area contributed by atoms with E-state index in [0.717, 1.165) is 18.9 Å². The molecule has 1 aliphatic carbocycles. The normalized spacial score (nSPS) is 16.4. The summed E-state index contributed by atoms with van der Waals surface area (Å²) in [6.07, 6.45) is 5.92. The molecule has 72 valence electrons. The van der Waals surface area contributed by atoms with Crippen LogP contribution in [-0.4, -0.2) is 11.5 Å². The van der Waals surface area contributed by atoms with Gasteiger partial charge in [-0.1, -0.05) is 6.92 Å². The Morgan fingerprint density at radius 1 is 1.62 bits per heavy atom. The quantitative estimate of drug-likeness (QED) is 0.781. The molecule has 0 bridgehead atoms. The molecule has 3 heteroatoms. The summed E-state index contributed by atoms with van der Waals surface area (Å²) in [6.45, 7) is 4.35. The molecule has 1 fully saturated rings. The number of hydrogen-bond acceptors (Lipinski definition) is 3. The summed E-state index contributed by atoms with van der Waals surface area (Å²) in [7, 11) is 0. The van der Waals surface area contributed by atoms with Gasteiger partial charge < -0.3 is 5.32 Å². The summed E-state index contributed by atoms with van der Waals surface area (Å²) in [5.41, 5.74) is 0. The molecule has 0 aromatic carbocycles. The predicted octanol–water partition coefficient (Wildman–Crippen LogP) is 2.21. The Morgan fingerprint density at radius 2 is 2.46 bits per heavy atom. The largest absolute Gasteiger partial charge is 0.312 e. The van der Waals surface area contributed by atoms with Crippen LogP contribution >= 0.6 is 11.3 Å². The third kappa shape index (κ3) is 2.78. The number of aromatic nitrogens is 1. The van der Waals surface area contributed by atoms with Crippen molar-refractivity contribution in [1.29, 1.82) is 0 Å². The molecule has 1 saturated carbocycles. The molecular weight excluding hydrogens is 180 g/mol. The highest BCUT2D eigenvalue weighted by Crippen LogP contribution is 2.27. The van der Waals surface area contributed by atoms with Gasteiger partial charge in [-0.25, -0.2) is 4.98 Å². The van der Waals surface area contributed by atoms with E-state index in [-0.39, 0.29) is 0 Å². The molecule has 1 heterocycles. The third-order valence-corrected chi connectivity index (χ3v) is 3.47. The molecule has 1 aromatic rings. The van der Waals surface area contributed by atoms with Crippen LogP contribution in [0.3, 0.4) is 0 Å². The zero-order valence-electron chi connectivity index (χ0n) is 8.05. The van der Waals surface area contributed by atoms with Crippen LogP contribution in [0, 0.1) is 5.92 Å². The van der Waals surface area contributed by atoms with Crippen molar-refractivity contribution in [2.24, 2.45) is 5.92 Å². The zero-order valence-corrected chi connectivity index (χ0v) is 8.86. The minimum atomic E-state index is 0.971. The van der Waals surface area contributed by atoms with Crippen molar-refractivity contribution < 1.29 is 0 Å². The standard InChI is InChI=1S/C10H16N2S/c1-2-10-12-7-9(13-10)6-11-5-8-3-4-8/h7-8,11H,2-6H2,1H3. The van der Waals surface area contributed by atoms with Gasteiger partial charge in [0.1, 0.15) is 0 Å². The van der Waals surface area contributed by atoms with Crippen LogP contribution in [0.4, 0.5) is 0 Å². The van der Waals surface area contributed by atoms with E-state index in [1.807, 2.05) is 17.5 Å². The van der Waals surface area contributed by atoms with E-state index in [2.05, 4.69) is 17.2 Å². The van der Waals surface area contributed by atoms with E-state index in [1.54, 1.807) is 0 Å². The summed E-state index contributed by atoms with van der Waals surface area (Å²) in [4.78, 5) is 5.70. The number of thiazole rings is 1. The van der Waals surface area contributed by atoms with Crippen molar-refractivity contribution in [3.63, 3.8) is 0 Å². The third-order valence-electron chi connectivity index (χ3n) is 2.33. The average molecular weight is 196 g/mol. The maximum Gasteiger partial charge on any atom is 0.0925 e. The van der Waals surface area contributed by atoms with Crippen molar-refractivity contribution in [2.45, 2.75) is 32.7 Å². The molecule has 1 N–H and O–H groups in total. The molecule has 2 nitrogen and oxygen atoms in total. The summed E-state index contributed by atoms with van der Waals surface area (Å²) in [5, 5.41) is 4.72. The Labute approximate surface area is 83.4 Å². The van der Waals surface area contributed by atoms with Gasteiger partial charge in [0.15, 0.2) is 0 Å². The highest BCUT2D eigenvalue weighted by atomic mass is 32.1. The number of rotatable bonds is 5. The van der Waals surface area contributed by atoms with Gasteiger partial charge in [0, 0.05) is 17.6 Å². The molecule has 13 heavy (non-hydrogen) atoms. The van der Waals surface area contributed by atoms with Crippen LogP contribution in [0.25, 0.3) is 0 Å². The highest BCUT2D eigenvalue weighted by Gasteiger charge is 2.20. The first-order valence-corrected chi connectivity index (χ1v) is 5.84. The Kier molecular flexibility index (Phi) is 2.96. The lowest BCUT2D eigenvalue weighted by Gasteiger charge is -1.98. The van der Waals surface area contributed by atoms with E-state index in [9.17, 15) is 0 Å². The second-order valence-electron chi connectivity index (χ2n) is 3.65. The van der Waals surface area contributed by atoms with Gasteiger partial charge in [-0.3, -0.25) is 0 Å². The van der Waals surface area contributed by atoms with Crippen LogP contribution < -0.4 is 5.32 Å². The lowest BCUT2D eigenvalue weighted by atomic mass is 10.4. The Balaban J connectivity index is 1.72. The average Bonchev–Trinajstić information content (AvgIpc) is 2.84. The van der Waals surface area contributed by atoms with E-state index in [4.69, 9.17) is 0 Å². The molecule has 2 rings (SSSR count). The fourth-order valence-corrected chi connectivity index (χ4v) is 2.15. The summed E-state index contributed by atoms with van der Waals surface area (Å²) in [5.74, 6) is 0.971. The minimum absolute atomic E-state index is 0.971. The van der Waals surface area contributed by atoms with E-state index in [0.29, 0.717) is 0 Å². The molecular formula is C10H16N2S. The highest BCUT2D eigenvalue weighted by molar-refractivity contribution is 7.11. The molecule has 1 aromatic heterocycles. The number of aryl methyl sites for hydroxylation is 1. The van der Waals surface area contributed by atoms with Crippen LogP contribution in [0.2, 0.25) is 0 Å².